The standard InChI is InChI=1S/C12H24N2O/c13-14-12(10-6-2-1-3-7-10)11-8-4-5-9-15-11/h10-12,14H,1-9,13H2. The Labute approximate surface area is 92.7 Å². The van der Waals surface area contributed by atoms with E-state index in [1.54, 1.807) is 0 Å². The minimum atomic E-state index is 0.367. The Morgan fingerprint density at radius 2 is 1.73 bits per heavy atom. The summed E-state index contributed by atoms with van der Waals surface area (Å²) >= 11 is 0. The molecule has 1 heterocycles. The fourth-order valence-corrected chi connectivity index (χ4v) is 3.09. The molecule has 0 spiro atoms. The third-order valence-electron chi connectivity index (χ3n) is 3.97. The second kappa shape index (κ2) is 5.83. The van der Waals surface area contributed by atoms with Gasteiger partial charge >= 0.3 is 0 Å². The van der Waals surface area contributed by atoms with Gasteiger partial charge in [0.05, 0.1) is 12.1 Å². The Balaban J connectivity index is 1.88. The molecule has 2 atom stereocenters. The molecule has 15 heavy (non-hydrogen) atoms. The fraction of sp³-hybridized carbons (Fsp3) is 1.00. The van der Waals surface area contributed by atoms with Gasteiger partial charge in [0.1, 0.15) is 0 Å². The van der Waals surface area contributed by atoms with E-state index >= 15 is 0 Å². The molecule has 3 heteroatoms. The molecule has 88 valence electrons. The van der Waals surface area contributed by atoms with Gasteiger partial charge in [-0.05, 0) is 38.0 Å². The zero-order valence-corrected chi connectivity index (χ0v) is 9.58. The van der Waals surface area contributed by atoms with Gasteiger partial charge in [0.25, 0.3) is 0 Å². The summed E-state index contributed by atoms with van der Waals surface area (Å²) in [6.45, 7) is 0.926. The minimum Gasteiger partial charge on any atom is -0.377 e. The highest BCUT2D eigenvalue weighted by Gasteiger charge is 2.31. The van der Waals surface area contributed by atoms with Gasteiger partial charge in [0.2, 0.25) is 0 Å². The van der Waals surface area contributed by atoms with E-state index < -0.39 is 0 Å². The van der Waals surface area contributed by atoms with Crippen molar-refractivity contribution in [1.29, 1.82) is 0 Å². The van der Waals surface area contributed by atoms with Crippen LogP contribution in [0.2, 0.25) is 0 Å². The summed E-state index contributed by atoms with van der Waals surface area (Å²) in [7, 11) is 0. The van der Waals surface area contributed by atoms with Crippen molar-refractivity contribution < 1.29 is 4.74 Å². The number of hydrogen-bond donors (Lipinski definition) is 2. The van der Waals surface area contributed by atoms with Crippen LogP contribution in [0.4, 0.5) is 0 Å². The predicted molar refractivity (Wildman–Crippen MR) is 61.3 cm³/mol. The summed E-state index contributed by atoms with van der Waals surface area (Å²) in [5.41, 5.74) is 3.02. The van der Waals surface area contributed by atoms with Crippen LogP contribution >= 0.6 is 0 Å². The van der Waals surface area contributed by atoms with Gasteiger partial charge in [-0.3, -0.25) is 11.3 Å². The first-order valence-electron chi connectivity index (χ1n) is 6.49. The maximum atomic E-state index is 5.84. The van der Waals surface area contributed by atoms with E-state index in [1.165, 1.54) is 51.4 Å². The molecule has 1 saturated carbocycles. The Morgan fingerprint density at radius 3 is 2.33 bits per heavy atom. The van der Waals surface area contributed by atoms with E-state index in [4.69, 9.17) is 10.6 Å². The van der Waals surface area contributed by atoms with E-state index in [-0.39, 0.29) is 0 Å². The highest BCUT2D eigenvalue weighted by molar-refractivity contribution is 4.85. The largest absolute Gasteiger partial charge is 0.377 e. The molecular weight excluding hydrogens is 188 g/mol. The van der Waals surface area contributed by atoms with E-state index in [0.29, 0.717) is 12.1 Å². The molecular formula is C12H24N2O. The Kier molecular flexibility index (Phi) is 4.42. The number of nitrogens with one attached hydrogen (secondary N) is 1. The molecule has 3 N–H and O–H groups in total. The molecule has 1 aliphatic heterocycles. The summed E-state index contributed by atoms with van der Waals surface area (Å²) in [6, 6.07) is 0.394. The number of nitrogens with two attached hydrogens (primary N) is 1. The second-order valence-electron chi connectivity index (χ2n) is 5.00. The van der Waals surface area contributed by atoms with Gasteiger partial charge < -0.3 is 4.74 Å². The van der Waals surface area contributed by atoms with Gasteiger partial charge in [-0.25, -0.2) is 0 Å². The molecule has 1 aliphatic carbocycles. The van der Waals surface area contributed by atoms with Crippen molar-refractivity contribution in [2.24, 2.45) is 11.8 Å². The molecule has 1 saturated heterocycles. The maximum Gasteiger partial charge on any atom is 0.0744 e. The summed E-state index contributed by atoms with van der Waals surface area (Å²) in [5.74, 6) is 6.45. The van der Waals surface area contributed by atoms with Crippen LogP contribution in [0.25, 0.3) is 0 Å². The lowest BCUT2D eigenvalue weighted by Crippen LogP contribution is -2.51. The molecule has 0 radical (unpaired) electrons. The first kappa shape index (κ1) is 11.4. The highest BCUT2D eigenvalue weighted by Crippen LogP contribution is 2.30. The molecule has 0 aromatic rings. The lowest BCUT2D eigenvalue weighted by molar-refractivity contribution is -0.0252. The normalized spacial score (nSPS) is 31.4. The van der Waals surface area contributed by atoms with E-state index in [0.717, 1.165) is 12.5 Å². The Morgan fingerprint density at radius 1 is 1.00 bits per heavy atom. The van der Waals surface area contributed by atoms with Gasteiger partial charge in [0, 0.05) is 6.61 Å². The van der Waals surface area contributed by atoms with Gasteiger partial charge in [-0.1, -0.05) is 19.3 Å². The highest BCUT2D eigenvalue weighted by atomic mass is 16.5. The maximum absolute atomic E-state index is 5.84. The quantitative estimate of drug-likeness (QED) is 0.555. The SMILES string of the molecule is NNC(C1CCCCC1)C1CCCCO1. The molecule has 0 bridgehead atoms. The van der Waals surface area contributed by atoms with Crippen molar-refractivity contribution in [2.75, 3.05) is 6.61 Å². The number of hydrogen-bond acceptors (Lipinski definition) is 3. The van der Waals surface area contributed by atoms with Crippen LogP contribution in [0.3, 0.4) is 0 Å². The predicted octanol–water partition coefficient (Wildman–Crippen LogP) is 1.97. The molecule has 2 rings (SSSR count). The summed E-state index contributed by atoms with van der Waals surface area (Å²) in [6.07, 6.45) is 10.9. The number of rotatable bonds is 3. The van der Waals surface area contributed by atoms with E-state index in [1.807, 2.05) is 0 Å². The zero-order chi connectivity index (χ0) is 10.5. The minimum absolute atomic E-state index is 0.367. The van der Waals surface area contributed by atoms with Crippen LogP contribution in [0.15, 0.2) is 0 Å². The Bertz CT molecular complexity index is 156. The van der Waals surface area contributed by atoms with Crippen LogP contribution < -0.4 is 11.3 Å². The molecule has 0 aromatic heterocycles. The lowest BCUT2D eigenvalue weighted by atomic mass is 9.80. The molecule has 2 fully saturated rings. The summed E-state index contributed by atoms with van der Waals surface area (Å²) < 4.78 is 5.84. The molecule has 0 aromatic carbocycles. The Hall–Kier alpha value is -0.120. The van der Waals surface area contributed by atoms with Crippen LogP contribution in [0.1, 0.15) is 51.4 Å². The molecule has 0 amide bonds. The topological polar surface area (TPSA) is 47.3 Å². The monoisotopic (exact) mass is 212 g/mol. The average molecular weight is 212 g/mol. The second-order valence-corrected chi connectivity index (χ2v) is 5.00. The van der Waals surface area contributed by atoms with Crippen molar-refractivity contribution in [2.45, 2.75) is 63.5 Å². The van der Waals surface area contributed by atoms with Crippen molar-refractivity contribution in [3.8, 4) is 0 Å². The summed E-state index contributed by atoms with van der Waals surface area (Å²) in [4.78, 5) is 0. The zero-order valence-electron chi connectivity index (χ0n) is 9.58. The van der Waals surface area contributed by atoms with Crippen LogP contribution in [-0.4, -0.2) is 18.8 Å². The summed E-state index contributed by atoms with van der Waals surface area (Å²) in [5, 5.41) is 0. The van der Waals surface area contributed by atoms with Crippen molar-refractivity contribution >= 4 is 0 Å². The first-order chi connectivity index (χ1) is 7.42. The average Bonchev–Trinajstić information content (AvgIpc) is 2.33. The van der Waals surface area contributed by atoms with Gasteiger partial charge in [-0.15, -0.1) is 0 Å². The van der Waals surface area contributed by atoms with Crippen molar-refractivity contribution in [3.63, 3.8) is 0 Å². The van der Waals surface area contributed by atoms with Crippen LogP contribution in [0, 0.1) is 5.92 Å². The first-order valence-corrected chi connectivity index (χ1v) is 6.49. The third kappa shape index (κ3) is 2.92. The fourth-order valence-electron chi connectivity index (χ4n) is 3.09. The van der Waals surface area contributed by atoms with E-state index in [2.05, 4.69) is 5.43 Å². The molecule has 2 aliphatic rings. The van der Waals surface area contributed by atoms with Crippen LogP contribution in [-0.2, 0) is 4.74 Å². The van der Waals surface area contributed by atoms with Crippen LogP contribution in [0.5, 0.6) is 0 Å². The lowest BCUT2D eigenvalue weighted by Gasteiger charge is -2.37. The third-order valence-corrected chi connectivity index (χ3v) is 3.97. The smallest absolute Gasteiger partial charge is 0.0744 e. The van der Waals surface area contributed by atoms with Gasteiger partial charge in [0.15, 0.2) is 0 Å². The van der Waals surface area contributed by atoms with Crippen molar-refractivity contribution in [1.82, 2.24) is 5.43 Å². The number of ether oxygens (including phenoxy) is 1. The van der Waals surface area contributed by atoms with Crippen molar-refractivity contribution in [3.05, 3.63) is 0 Å². The molecule has 3 nitrogen and oxygen atoms in total. The molecule has 2 unspecified atom stereocenters. The van der Waals surface area contributed by atoms with Gasteiger partial charge in [-0.2, -0.15) is 0 Å². The number of hydrazine groups is 1. The van der Waals surface area contributed by atoms with E-state index in [9.17, 15) is 0 Å².